The molecule has 0 saturated heterocycles. The second-order valence-electron chi connectivity index (χ2n) is 3.91. The molecule has 16 heavy (non-hydrogen) atoms. The molecule has 1 aromatic heterocycles. The maximum Gasteiger partial charge on any atom is 0.342 e. The molecule has 0 saturated carbocycles. The molecule has 0 spiro atoms. The third-order valence-electron chi connectivity index (χ3n) is 2.41. The minimum Gasteiger partial charge on any atom is -0.382 e. The number of unbranched alkanes of at least 4 members (excludes halogenated alkanes) is 3. The second kappa shape index (κ2) is 6.15. The van der Waals surface area contributed by atoms with Crippen molar-refractivity contribution in [2.24, 2.45) is 0 Å². The van der Waals surface area contributed by atoms with Crippen molar-refractivity contribution in [3.05, 3.63) is 11.8 Å². The van der Waals surface area contributed by atoms with Crippen LogP contribution in [0.25, 0.3) is 0 Å². The van der Waals surface area contributed by atoms with E-state index in [9.17, 15) is 4.79 Å². The van der Waals surface area contributed by atoms with Crippen molar-refractivity contribution in [2.75, 3.05) is 12.3 Å². The third-order valence-corrected chi connectivity index (χ3v) is 2.41. The summed E-state index contributed by atoms with van der Waals surface area (Å²) >= 11 is 0. The summed E-state index contributed by atoms with van der Waals surface area (Å²) in [4.78, 5) is 11.6. The number of aryl methyl sites for hydroxylation is 1. The molecule has 90 valence electrons. The summed E-state index contributed by atoms with van der Waals surface area (Å²) in [5.74, 6) is 0.374. The summed E-state index contributed by atoms with van der Waals surface area (Å²) in [6, 6.07) is 1.47. The number of nitrogens with one attached hydrogen (secondary N) is 1. The van der Waals surface area contributed by atoms with E-state index in [1.165, 1.54) is 17.5 Å². The summed E-state index contributed by atoms with van der Waals surface area (Å²) in [7, 11) is 0. The Hall–Kier alpha value is -1.52. The first kappa shape index (κ1) is 12.5. The fraction of sp³-hybridized carbons (Fsp3) is 0.636. The number of amides is 1. The lowest BCUT2D eigenvalue weighted by molar-refractivity contribution is 0.239. The number of hydrogen-bond acceptors (Lipinski definition) is 3. The van der Waals surface area contributed by atoms with E-state index in [0.717, 1.165) is 18.5 Å². The summed E-state index contributed by atoms with van der Waals surface area (Å²) in [6.45, 7) is 4.66. The van der Waals surface area contributed by atoms with Gasteiger partial charge in [-0.15, -0.1) is 5.10 Å². The quantitative estimate of drug-likeness (QED) is 0.750. The summed E-state index contributed by atoms with van der Waals surface area (Å²) in [5, 5.41) is 6.73. The second-order valence-corrected chi connectivity index (χ2v) is 3.91. The number of hydrogen-bond donors (Lipinski definition) is 2. The minimum absolute atomic E-state index is 0.203. The van der Waals surface area contributed by atoms with Crippen LogP contribution in [-0.2, 0) is 0 Å². The summed E-state index contributed by atoms with van der Waals surface area (Å²) < 4.78 is 1.30. The Morgan fingerprint density at radius 2 is 2.25 bits per heavy atom. The molecule has 0 aliphatic carbocycles. The molecule has 3 N–H and O–H groups in total. The summed E-state index contributed by atoms with van der Waals surface area (Å²) in [5.41, 5.74) is 6.25. The average molecular weight is 224 g/mol. The van der Waals surface area contributed by atoms with Gasteiger partial charge in [0.05, 0.1) is 0 Å². The van der Waals surface area contributed by atoms with Gasteiger partial charge in [0, 0.05) is 18.3 Å². The Morgan fingerprint density at radius 1 is 1.50 bits per heavy atom. The van der Waals surface area contributed by atoms with Gasteiger partial charge in [0.15, 0.2) is 0 Å². The van der Waals surface area contributed by atoms with Crippen LogP contribution in [0.1, 0.15) is 38.3 Å². The number of carbonyl (C=O) groups excluding carboxylic acids is 1. The average Bonchev–Trinajstić information content (AvgIpc) is 2.57. The zero-order valence-corrected chi connectivity index (χ0v) is 9.99. The normalized spacial score (nSPS) is 10.4. The van der Waals surface area contributed by atoms with Gasteiger partial charge in [-0.2, -0.15) is 4.68 Å². The minimum atomic E-state index is -0.203. The van der Waals surface area contributed by atoms with Crippen molar-refractivity contribution in [2.45, 2.75) is 39.5 Å². The number of carbonyl (C=O) groups is 1. The van der Waals surface area contributed by atoms with Crippen LogP contribution in [0, 0.1) is 6.92 Å². The van der Waals surface area contributed by atoms with Crippen molar-refractivity contribution in [3.63, 3.8) is 0 Å². The first-order valence-electron chi connectivity index (χ1n) is 5.75. The van der Waals surface area contributed by atoms with Crippen molar-refractivity contribution < 1.29 is 4.79 Å². The molecule has 0 aromatic carbocycles. The highest BCUT2D eigenvalue weighted by molar-refractivity contribution is 5.76. The molecule has 0 bridgehead atoms. The molecule has 1 amide bonds. The number of nitrogens with zero attached hydrogens (tertiary/aromatic N) is 2. The molecule has 1 heterocycles. The van der Waals surface area contributed by atoms with E-state index in [1.807, 2.05) is 0 Å². The van der Waals surface area contributed by atoms with Crippen LogP contribution in [-0.4, -0.2) is 22.4 Å². The van der Waals surface area contributed by atoms with E-state index in [0.29, 0.717) is 12.4 Å². The molecule has 1 aromatic rings. The van der Waals surface area contributed by atoms with Gasteiger partial charge in [0.25, 0.3) is 0 Å². The monoisotopic (exact) mass is 224 g/mol. The van der Waals surface area contributed by atoms with Gasteiger partial charge >= 0.3 is 6.03 Å². The van der Waals surface area contributed by atoms with E-state index < -0.39 is 0 Å². The van der Waals surface area contributed by atoms with Gasteiger partial charge in [-0.1, -0.05) is 26.2 Å². The largest absolute Gasteiger partial charge is 0.382 e. The van der Waals surface area contributed by atoms with Crippen molar-refractivity contribution in [3.8, 4) is 0 Å². The smallest absolute Gasteiger partial charge is 0.342 e. The van der Waals surface area contributed by atoms with Gasteiger partial charge in [0.1, 0.15) is 5.82 Å². The van der Waals surface area contributed by atoms with Gasteiger partial charge in [-0.3, -0.25) is 0 Å². The van der Waals surface area contributed by atoms with E-state index in [1.54, 1.807) is 13.0 Å². The molecule has 0 unspecified atom stereocenters. The number of anilines is 1. The van der Waals surface area contributed by atoms with Crippen LogP contribution in [0.15, 0.2) is 6.07 Å². The predicted molar refractivity (Wildman–Crippen MR) is 64.3 cm³/mol. The van der Waals surface area contributed by atoms with Crippen LogP contribution < -0.4 is 11.1 Å². The Balaban J connectivity index is 2.33. The maximum atomic E-state index is 11.6. The first-order valence-corrected chi connectivity index (χ1v) is 5.75. The van der Waals surface area contributed by atoms with E-state index >= 15 is 0 Å². The van der Waals surface area contributed by atoms with Crippen LogP contribution in [0.5, 0.6) is 0 Å². The van der Waals surface area contributed by atoms with Gasteiger partial charge in [0.2, 0.25) is 0 Å². The van der Waals surface area contributed by atoms with Gasteiger partial charge in [-0.05, 0) is 13.3 Å². The molecule has 0 fully saturated rings. The molecule has 5 heteroatoms. The number of aromatic nitrogens is 2. The lowest BCUT2D eigenvalue weighted by Crippen LogP contribution is -2.30. The molecular formula is C11H20N4O. The summed E-state index contributed by atoms with van der Waals surface area (Å²) in [6.07, 6.45) is 4.57. The number of nitrogen functional groups attached to an aromatic ring is 1. The number of rotatable bonds is 5. The number of nitrogens with two attached hydrogens (primary N) is 1. The SMILES string of the molecule is CCCCCCNC(=O)n1nc(N)cc1C. The Kier molecular flexibility index (Phi) is 4.82. The maximum absolute atomic E-state index is 11.6. The standard InChI is InChI=1S/C11H20N4O/c1-3-4-5-6-7-13-11(16)15-9(2)8-10(12)14-15/h8H,3-7H2,1-2H3,(H2,12,14)(H,13,16). The first-order chi connectivity index (χ1) is 7.65. The molecule has 0 aliphatic heterocycles. The Labute approximate surface area is 96.0 Å². The molecule has 0 radical (unpaired) electrons. The fourth-order valence-electron chi connectivity index (χ4n) is 1.53. The van der Waals surface area contributed by atoms with E-state index in [4.69, 9.17) is 5.73 Å². The van der Waals surface area contributed by atoms with Gasteiger partial charge < -0.3 is 11.1 Å². The molecule has 5 nitrogen and oxygen atoms in total. The third kappa shape index (κ3) is 3.56. The molecule has 0 aliphatic rings. The molecule has 1 rings (SSSR count). The van der Waals surface area contributed by atoms with E-state index in [-0.39, 0.29) is 6.03 Å². The topological polar surface area (TPSA) is 72.9 Å². The van der Waals surface area contributed by atoms with Crippen LogP contribution in [0.4, 0.5) is 10.6 Å². The van der Waals surface area contributed by atoms with Crippen molar-refractivity contribution >= 4 is 11.8 Å². The highest BCUT2D eigenvalue weighted by Crippen LogP contribution is 2.03. The van der Waals surface area contributed by atoms with E-state index in [2.05, 4.69) is 17.3 Å². The van der Waals surface area contributed by atoms with Gasteiger partial charge in [-0.25, -0.2) is 4.79 Å². The lowest BCUT2D eigenvalue weighted by atomic mass is 10.2. The van der Waals surface area contributed by atoms with Crippen LogP contribution in [0.3, 0.4) is 0 Å². The fourth-order valence-corrected chi connectivity index (χ4v) is 1.53. The van der Waals surface area contributed by atoms with Crippen LogP contribution in [0.2, 0.25) is 0 Å². The van der Waals surface area contributed by atoms with Crippen LogP contribution >= 0.6 is 0 Å². The van der Waals surface area contributed by atoms with Crippen molar-refractivity contribution in [1.29, 1.82) is 0 Å². The molecular weight excluding hydrogens is 204 g/mol. The highest BCUT2D eigenvalue weighted by atomic mass is 16.2. The van der Waals surface area contributed by atoms with Crippen molar-refractivity contribution in [1.82, 2.24) is 15.1 Å². The Morgan fingerprint density at radius 3 is 2.81 bits per heavy atom. The zero-order valence-electron chi connectivity index (χ0n) is 9.99. The zero-order chi connectivity index (χ0) is 12.0. The Bertz CT molecular complexity index is 346. The highest BCUT2D eigenvalue weighted by Gasteiger charge is 2.08. The molecule has 0 atom stereocenters. The predicted octanol–water partition coefficient (Wildman–Crippen LogP) is 1.91. The lowest BCUT2D eigenvalue weighted by Gasteiger charge is -2.05.